The van der Waals surface area contributed by atoms with Gasteiger partial charge in [0.15, 0.2) is 0 Å². The minimum Gasteiger partial charge on any atom is -0.368 e. The molecule has 7 nitrogen and oxygen atoms in total. The van der Waals surface area contributed by atoms with Crippen molar-refractivity contribution in [2.75, 3.05) is 39.3 Å². The molecule has 0 aliphatic carbocycles. The lowest BCUT2D eigenvalue weighted by Gasteiger charge is -2.25. The van der Waals surface area contributed by atoms with E-state index in [2.05, 4.69) is 0 Å². The lowest BCUT2D eigenvalue weighted by molar-refractivity contribution is -0.141. The minimum absolute atomic E-state index is 0.0391. The number of benzene rings is 1. The summed E-state index contributed by atoms with van der Waals surface area (Å²) in [5.41, 5.74) is 1.08. The van der Waals surface area contributed by atoms with E-state index in [1.807, 2.05) is 40.1 Å². The van der Waals surface area contributed by atoms with E-state index < -0.39 is 0 Å². The molecule has 0 radical (unpaired) electrons. The first-order valence-corrected chi connectivity index (χ1v) is 10.6. The van der Waals surface area contributed by atoms with E-state index in [4.69, 9.17) is 4.74 Å². The smallest absolute Gasteiger partial charge is 0.251 e. The van der Waals surface area contributed by atoms with Gasteiger partial charge in [-0.15, -0.1) is 0 Å². The molecule has 0 saturated carbocycles. The average molecular weight is 399 g/mol. The van der Waals surface area contributed by atoms with Crippen molar-refractivity contribution < 1.29 is 19.1 Å². The highest BCUT2D eigenvalue weighted by Gasteiger charge is 2.37. The van der Waals surface area contributed by atoms with Gasteiger partial charge in [-0.3, -0.25) is 14.4 Å². The van der Waals surface area contributed by atoms with Crippen molar-refractivity contribution >= 4 is 17.7 Å². The van der Waals surface area contributed by atoms with E-state index in [0.29, 0.717) is 45.9 Å². The molecule has 3 amide bonds. The lowest BCUT2D eigenvalue weighted by atomic mass is 10.1. The van der Waals surface area contributed by atoms with Gasteiger partial charge in [0, 0.05) is 52.3 Å². The van der Waals surface area contributed by atoms with Crippen LogP contribution in [0, 0.1) is 5.92 Å². The van der Waals surface area contributed by atoms with Gasteiger partial charge in [0.25, 0.3) is 5.91 Å². The molecule has 0 spiro atoms. The molecule has 4 rings (SSSR count). The van der Waals surface area contributed by atoms with Crippen molar-refractivity contribution in [2.45, 2.75) is 38.3 Å². The van der Waals surface area contributed by atoms with Crippen molar-refractivity contribution in [1.82, 2.24) is 14.7 Å². The Morgan fingerprint density at radius 1 is 0.966 bits per heavy atom. The van der Waals surface area contributed by atoms with Crippen molar-refractivity contribution in [3.05, 3.63) is 35.9 Å². The maximum absolute atomic E-state index is 13.0. The van der Waals surface area contributed by atoms with Crippen LogP contribution in [0.3, 0.4) is 0 Å². The van der Waals surface area contributed by atoms with E-state index >= 15 is 0 Å². The van der Waals surface area contributed by atoms with Crippen LogP contribution in [0.25, 0.3) is 0 Å². The SMILES string of the molecule is O=C1CC(C(=O)N2CCCN(C(=O)C3CCCO3)CC2)CN1Cc1ccccc1. The van der Waals surface area contributed by atoms with Crippen molar-refractivity contribution in [3.8, 4) is 0 Å². The standard InChI is InChI=1S/C22H29N3O4/c26-20-14-18(16-25(20)15-17-6-2-1-3-7-17)21(27)23-9-5-10-24(12-11-23)22(28)19-8-4-13-29-19/h1-3,6-7,18-19H,4-5,8-16H2. The zero-order valence-corrected chi connectivity index (χ0v) is 16.8. The Kier molecular flexibility index (Phi) is 6.13. The van der Waals surface area contributed by atoms with Gasteiger partial charge >= 0.3 is 0 Å². The Hall–Kier alpha value is -2.41. The second kappa shape index (κ2) is 8.95. The predicted molar refractivity (Wildman–Crippen MR) is 107 cm³/mol. The quantitative estimate of drug-likeness (QED) is 0.765. The number of amides is 3. The summed E-state index contributed by atoms with van der Waals surface area (Å²) in [4.78, 5) is 43.5. The fourth-order valence-electron chi connectivity index (χ4n) is 4.49. The zero-order chi connectivity index (χ0) is 20.2. The number of hydrogen-bond donors (Lipinski definition) is 0. The van der Waals surface area contributed by atoms with Crippen molar-refractivity contribution in [3.63, 3.8) is 0 Å². The summed E-state index contributed by atoms with van der Waals surface area (Å²) in [7, 11) is 0. The molecule has 2 atom stereocenters. The first-order chi connectivity index (χ1) is 14.1. The Morgan fingerprint density at radius 3 is 2.38 bits per heavy atom. The molecule has 3 aliphatic heterocycles. The van der Waals surface area contributed by atoms with Gasteiger partial charge in [0.05, 0.1) is 5.92 Å². The Morgan fingerprint density at radius 2 is 1.69 bits per heavy atom. The first kappa shape index (κ1) is 19.9. The predicted octanol–water partition coefficient (Wildman–Crippen LogP) is 1.28. The molecule has 1 aromatic rings. The number of likely N-dealkylation sites (tertiary alicyclic amines) is 1. The van der Waals surface area contributed by atoms with Gasteiger partial charge < -0.3 is 19.4 Å². The summed E-state index contributed by atoms with van der Waals surface area (Å²) >= 11 is 0. The second-order valence-electron chi connectivity index (χ2n) is 8.17. The van der Waals surface area contributed by atoms with E-state index in [9.17, 15) is 14.4 Å². The molecule has 1 aromatic carbocycles. The highest BCUT2D eigenvalue weighted by atomic mass is 16.5. The largest absolute Gasteiger partial charge is 0.368 e. The maximum Gasteiger partial charge on any atom is 0.251 e. The van der Waals surface area contributed by atoms with E-state index in [1.165, 1.54) is 0 Å². The third-order valence-corrected chi connectivity index (χ3v) is 6.10. The van der Waals surface area contributed by atoms with Crippen LogP contribution in [0.4, 0.5) is 0 Å². The summed E-state index contributed by atoms with van der Waals surface area (Å²) in [6, 6.07) is 9.86. The second-order valence-corrected chi connectivity index (χ2v) is 8.17. The van der Waals surface area contributed by atoms with E-state index in [0.717, 1.165) is 24.8 Å². The summed E-state index contributed by atoms with van der Waals surface area (Å²) in [6.45, 7) is 4.04. The third-order valence-electron chi connectivity index (χ3n) is 6.10. The fourth-order valence-corrected chi connectivity index (χ4v) is 4.49. The minimum atomic E-state index is -0.309. The third kappa shape index (κ3) is 4.61. The number of hydrogen-bond acceptors (Lipinski definition) is 4. The van der Waals surface area contributed by atoms with Crippen molar-refractivity contribution in [1.29, 1.82) is 0 Å². The molecule has 2 unspecified atom stereocenters. The van der Waals surface area contributed by atoms with Crippen LogP contribution in [-0.2, 0) is 25.7 Å². The molecule has 0 aromatic heterocycles. The Bertz CT molecular complexity index is 748. The number of ether oxygens (including phenoxy) is 1. The summed E-state index contributed by atoms with van der Waals surface area (Å²) in [6.07, 6.45) is 2.46. The van der Waals surface area contributed by atoms with Crippen LogP contribution >= 0.6 is 0 Å². The number of carbonyl (C=O) groups is 3. The van der Waals surface area contributed by atoms with Crippen LogP contribution in [-0.4, -0.2) is 77.9 Å². The fraction of sp³-hybridized carbons (Fsp3) is 0.591. The molecular weight excluding hydrogens is 370 g/mol. The molecule has 3 saturated heterocycles. The highest BCUT2D eigenvalue weighted by molar-refractivity contribution is 5.89. The average Bonchev–Trinajstić information content (AvgIpc) is 3.32. The molecular formula is C22H29N3O4. The van der Waals surface area contributed by atoms with Crippen molar-refractivity contribution in [2.24, 2.45) is 5.92 Å². The van der Waals surface area contributed by atoms with Gasteiger partial charge in [-0.05, 0) is 24.8 Å². The molecule has 3 heterocycles. The van der Waals surface area contributed by atoms with Gasteiger partial charge in [0.1, 0.15) is 6.10 Å². The zero-order valence-electron chi connectivity index (χ0n) is 16.8. The van der Waals surface area contributed by atoms with Crippen LogP contribution in [0.15, 0.2) is 30.3 Å². The highest BCUT2D eigenvalue weighted by Crippen LogP contribution is 2.23. The van der Waals surface area contributed by atoms with E-state index in [-0.39, 0.29) is 36.2 Å². The first-order valence-electron chi connectivity index (χ1n) is 10.6. The van der Waals surface area contributed by atoms with Crippen LogP contribution in [0.1, 0.15) is 31.2 Å². The van der Waals surface area contributed by atoms with Crippen LogP contribution in [0.5, 0.6) is 0 Å². The summed E-state index contributed by atoms with van der Waals surface area (Å²) in [5.74, 6) is -0.147. The molecule has 0 bridgehead atoms. The molecule has 29 heavy (non-hydrogen) atoms. The monoisotopic (exact) mass is 399 g/mol. The number of nitrogens with zero attached hydrogens (tertiary/aromatic N) is 3. The van der Waals surface area contributed by atoms with Gasteiger partial charge in [-0.1, -0.05) is 30.3 Å². The molecule has 7 heteroatoms. The Labute approximate surface area is 171 Å². The maximum atomic E-state index is 13.0. The van der Waals surface area contributed by atoms with Crippen LogP contribution < -0.4 is 0 Å². The topological polar surface area (TPSA) is 70.2 Å². The van der Waals surface area contributed by atoms with E-state index in [1.54, 1.807) is 4.90 Å². The van der Waals surface area contributed by atoms with Gasteiger partial charge in [-0.2, -0.15) is 0 Å². The molecule has 3 fully saturated rings. The Balaban J connectivity index is 1.31. The lowest BCUT2D eigenvalue weighted by Crippen LogP contribution is -2.43. The molecule has 3 aliphatic rings. The normalized spacial score (nSPS) is 25.4. The molecule has 156 valence electrons. The summed E-state index contributed by atoms with van der Waals surface area (Å²) < 4.78 is 5.52. The van der Waals surface area contributed by atoms with Crippen LogP contribution in [0.2, 0.25) is 0 Å². The van der Waals surface area contributed by atoms with Gasteiger partial charge in [-0.25, -0.2) is 0 Å². The number of rotatable bonds is 4. The molecule has 0 N–H and O–H groups in total. The summed E-state index contributed by atoms with van der Waals surface area (Å²) in [5, 5.41) is 0. The van der Waals surface area contributed by atoms with Gasteiger partial charge in [0.2, 0.25) is 11.8 Å². The number of carbonyl (C=O) groups excluding carboxylic acids is 3.